The second-order valence-electron chi connectivity index (χ2n) is 9.54. The van der Waals surface area contributed by atoms with Crippen molar-refractivity contribution in [1.29, 1.82) is 0 Å². The van der Waals surface area contributed by atoms with Gasteiger partial charge in [-0.25, -0.2) is 14.4 Å². The Morgan fingerprint density at radius 3 is 2.76 bits per heavy atom. The van der Waals surface area contributed by atoms with Gasteiger partial charge in [0.2, 0.25) is 0 Å². The van der Waals surface area contributed by atoms with E-state index in [1.165, 1.54) is 34.4 Å². The fourth-order valence-electron chi connectivity index (χ4n) is 4.90. The Bertz CT molecular complexity index is 1180. The van der Waals surface area contributed by atoms with E-state index < -0.39 is 0 Å². The largest absolute Gasteiger partial charge is 0.352 e. The number of rotatable bonds is 4. The van der Waals surface area contributed by atoms with Gasteiger partial charge < -0.3 is 9.80 Å². The van der Waals surface area contributed by atoms with Gasteiger partial charge in [0, 0.05) is 42.5 Å². The number of fused-ring (bicyclic) bond motifs is 3. The summed E-state index contributed by atoms with van der Waals surface area (Å²) in [6, 6.07) is 5.96. The minimum Gasteiger partial charge on any atom is -0.352 e. The third kappa shape index (κ3) is 4.23. The zero-order valence-corrected chi connectivity index (χ0v) is 20.4. The summed E-state index contributed by atoms with van der Waals surface area (Å²) in [7, 11) is 0. The third-order valence-corrected chi connectivity index (χ3v) is 8.29. The van der Waals surface area contributed by atoms with Crippen LogP contribution < -0.4 is 4.90 Å². The van der Waals surface area contributed by atoms with Crippen LogP contribution in [-0.4, -0.2) is 47.0 Å². The number of piperazine rings is 1. The lowest BCUT2D eigenvalue weighted by Gasteiger charge is -2.36. The van der Waals surface area contributed by atoms with E-state index in [1.807, 2.05) is 16.2 Å². The molecule has 0 saturated carbocycles. The summed E-state index contributed by atoms with van der Waals surface area (Å²) in [6.07, 6.45) is 4.43. The summed E-state index contributed by atoms with van der Waals surface area (Å²) in [5, 5.41) is 1.24. The smallest absolute Gasteiger partial charge is 0.254 e. The predicted molar refractivity (Wildman–Crippen MR) is 132 cm³/mol. The van der Waals surface area contributed by atoms with Crippen molar-refractivity contribution in [2.75, 3.05) is 31.1 Å². The Labute approximate surface area is 198 Å². The van der Waals surface area contributed by atoms with Crippen molar-refractivity contribution in [2.45, 2.75) is 52.4 Å². The van der Waals surface area contributed by atoms with Crippen LogP contribution in [-0.2, 0) is 12.8 Å². The molecule has 0 bridgehead atoms. The van der Waals surface area contributed by atoms with Gasteiger partial charge in [0.1, 0.15) is 22.3 Å². The molecule has 2 aliphatic rings. The second kappa shape index (κ2) is 9.01. The predicted octanol–water partition coefficient (Wildman–Crippen LogP) is 5.43. The van der Waals surface area contributed by atoms with Gasteiger partial charge in [0.25, 0.3) is 5.91 Å². The minimum atomic E-state index is -0.378. The van der Waals surface area contributed by atoms with Crippen molar-refractivity contribution in [2.24, 2.45) is 5.92 Å². The van der Waals surface area contributed by atoms with E-state index in [4.69, 9.17) is 9.97 Å². The number of carbonyl (C=O) groups excluding carboxylic acids is 1. The fourth-order valence-corrected chi connectivity index (χ4v) is 6.28. The molecular weight excluding hydrogens is 435 g/mol. The van der Waals surface area contributed by atoms with Gasteiger partial charge in [0.05, 0.1) is 5.39 Å². The van der Waals surface area contributed by atoms with Crippen molar-refractivity contribution in [3.63, 3.8) is 0 Å². The van der Waals surface area contributed by atoms with Crippen molar-refractivity contribution >= 4 is 33.3 Å². The zero-order valence-electron chi connectivity index (χ0n) is 19.6. The van der Waals surface area contributed by atoms with Gasteiger partial charge in [-0.15, -0.1) is 11.3 Å². The van der Waals surface area contributed by atoms with Crippen LogP contribution in [0.2, 0.25) is 0 Å². The van der Waals surface area contributed by atoms with Gasteiger partial charge in [-0.2, -0.15) is 0 Å². The molecule has 0 radical (unpaired) electrons. The summed E-state index contributed by atoms with van der Waals surface area (Å²) in [4.78, 5) is 29.7. The molecular formula is C26H31FN4OS. The van der Waals surface area contributed by atoms with Gasteiger partial charge in [-0.3, -0.25) is 4.79 Å². The molecule has 7 heteroatoms. The number of carbonyl (C=O) groups is 1. The number of thiophene rings is 1. The summed E-state index contributed by atoms with van der Waals surface area (Å²) in [6.45, 7) is 9.33. The van der Waals surface area contributed by atoms with Crippen LogP contribution >= 0.6 is 11.3 Å². The minimum absolute atomic E-state index is 0.107. The molecule has 2 atom stereocenters. The Morgan fingerprint density at radius 1 is 1.24 bits per heavy atom. The van der Waals surface area contributed by atoms with Crippen LogP contribution in [0.4, 0.5) is 10.2 Å². The number of benzene rings is 1. The van der Waals surface area contributed by atoms with Crippen LogP contribution in [0.3, 0.4) is 0 Å². The Balaban J connectivity index is 1.45. The lowest BCUT2D eigenvalue weighted by atomic mass is 9.89. The highest BCUT2D eigenvalue weighted by atomic mass is 32.1. The maximum Gasteiger partial charge on any atom is 0.254 e. The van der Waals surface area contributed by atoms with E-state index in [0.717, 1.165) is 35.7 Å². The molecule has 1 aliphatic heterocycles. The average Bonchev–Trinajstić information content (AvgIpc) is 3.20. The molecule has 0 spiro atoms. The first-order valence-electron chi connectivity index (χ1n) is 12.1. The van der Waals surface area contributed by atoms with E-state index >= 15 is 0 Å². The number of amides is 1. The Morgan fingerprint density at radius 2 is 2.03 bits per heavy atom. The molecule has 1 aromatic carbocycles. The maximum absolute atomic E-state index is 13.6. The highest BCUT2D eigenvalue weighted by molar-refractivity contribution is 7.19. The van der Waals surface area contributed by atoms with Gasteiger partial charge in [-0.1, -0.05) is 26.8 Å². The monoisotopic (exact) mass is 466 g/mol. The molecule has 1 amide bonds. The third-order valence-electron chi connectivity index (χ3n) is 7.14. The van der Waals surface area contributed by atoms with Crippen LogP contribution in [0, 0.1) is 11.7 Å². The van der Waals surface area contributed by atoms with Gasteiger partial charge in [-0.05, 0) is 55.4 Å². The van der Waals surface area contributed by atoms with Gasteiger partial charge >= 0.3 is 0 Å². The number of hydrogen-bond donors (Lipinski definition) is 0. The summed E-state index contributed by atoms with van der Waals surface area (Å²) >= 11 is 1.85. The van der Waals surface area contributed by atoms with Crippen LogP contribution in [0.25, 0.3) is 10.2 Å². The first-order chi connectivity index (χ1) is 15.9. The molecule has 1 fully saturated rings. The lowest BCUT2D eigenvalue weighted by Crippen LogP contribution is -2.49. The molecule has 5 nitrogen and oxygen atoms in total. The van der Waals surface area contributed by atoms with Crippen LogP contribution in [0.1, 0.15) is 66.2 Å². The molecule has 5 rings (SSSR count). The normalized spacial score (nSPS) is 19.6. The average molecular weight is 467 g/mol. The van der Waals surface area contributed by atoms with Crippen LogP contribution in [0.5, 0.6) is 0 Å². The molecule has 2 aromatic heterocycles. The number of nitrogens with zero attached hydrogens (tertiary/aromatic N) is 4. The quantitative estimate of drug-likeness (QED) is 0.514. The molecule has 3 aromatic rings. The molecule has 3 heterocycles. The molecule has 174 valence electrons. The molecule has 0 N–H and O–H groups in total. The van der Waals surface area contributed by atoms with E-state index in [-0.39, 0.29) is 11.7 Å². The summed E-state index contributed by atoms with van der Waals surface area (Å²) < 4.78 is 13.6. The van der Waals surface area contributed by atoms with Crippen molar-refractivity contribution in [3.05, 3.63) is 51.9 Å². The SMILES string of the molecule is CC[C@H](C)c1nc(N2CCN(C(=O)c3cccc(F)c3)CC2)c2c3c(sc2n1)C[C@@H](C)CC3. The fraction of sp³-hybridized carbons (Fsp3) is 0.500. The second-order valence-corrected chi connectivity index (χ2v) is 10.6. The lowest BCUT2D eigenvalue weighted by molar-refractivity contribution is 0.0746. The van der Waals surface area contributed by atoms with Crippen molar-refractivity contribution in [3.8, 4) is 0 Å². The van der Waals surface area contributed by atoms with Crippen molar-refractivity contribution in [1.82, 2.24) is 14.9 Å². The van der Waals surface area contributed by atoms with E-state index in [9.17, 15) is 9.18 Å². The topological polar surface area (TPSA) is 49.3 Å². The van der Waals surface area contributed by atoms with Crippen LogP contribution in [0.15, 0.2) is 24.3 Å². The number of aryl methyl sites for hydroxylation is 1. The van der Waals surface area contributed by atoms with E-state index in [2.05, 4.69) is 25.7 Å². The molecule has 1 aliphatic carbocycles. The zero-order chi connectivity index (χ0) is 23.1. The first-order valence-corrected chi connectivity index (χ1v) is 12.9. The maximum atomic E-state index is 13.6. The summed E-state index contributed by atoms with van der Waals surface area (Å²) in [5.74, 6) is 2.50. The van der Waals surface area contributed by atoms with Crippen molar-refractivity contribution < 1.29 is 9.18 Å². The number of hydrogen-bond acceptors (Lipinski definition) is 5. The Hall–Kier alpha value is -2.54. The first kappa shape index (κ1) is 22.3. The Kier molecular flexibility index (Phi) is 6.08. The molecule has 33 heavy (non-hydrogen) atoms. The molecule has 0 unspecified atom stereocenters. The highest BCUT2D eigenvalue weighted by Crippen LogP contribution is 2.42. The highest BCUT2D eigenvalue weighted by Gasteiger charge is 2.29. The summed E-state index contributed by atoms with van der Waals surface area (Å²) in [5.41, 5.74) is 1.85. The molecule has 1 saturated heterocycles. The standard InChI is InChI=1S/C26H31FN4OS/c1-4-17(3)23-28-24(22-20-9-8-16(2)14-21(20)33-25(22)29-23)30-10-12-31(13-11-30)26(32)18-6-5-7-19(27)15-18/h5-7,15-17H,4,8-14H2,1-3H3/t16-,17-/m0/s1. The number of anilines is 1. The number of aromatic nitrogens is 2. The van der Waals surface area contributed by atoms with E-state index in [0.29, 0.717) is 43.6 Å². The van der Waals surface area contributed by atoms with Gasteiger partial charge in [0.15, 0.2) is 0 Å². The number of halogens is 1. The van der Waals surface area contributed by atoms with E-state index in [1.54, 1.807) is 12.1 Å².